The molecule has 1 aromatic heterocycles. The van der Waals surface area contributed by atoms with Crippen molar-refractivity contribution in [2.45, 2.75) is 33.2 Å². The zero-order chi connectivity index (χ0) is 23.1. The van der Waals surface area contributed by atoms with E-state index in [-0.39, 0.29) is 13.0 Å². The van der Waals surface area contributed by atoms with E-state index in [9.17, 15) is 14.4 Å². The van der Waals surface area contributed by atoms with Crippen LogP contribution in [0.25, 0.3) is 11.1 Å². The number of aromatic nitrogens is 1. The Hall–Kier alpha value is -3.75. The van der Waals surface area contributed by atoms with Crippen LogP contribution in [0.5, 0.6) is 11.5 Å². The van der Waals surface area contributed by atoms with E-state index in [4.69, 9.17) is 13.9 Å². The van der Waals surface area contributed by atoms with Crippen LogP contribution in [0, 0.1) is 5.92 Å². The Bertz CT molecular complexity index is 1150. The van der Waals surface area contributed by atoms with E-state index >= 15 is 0 Å². The predicted octanol–water partition coefficient (Wildman–Crippen LogP) is 2.88. The van der Waals surface area contributed by atoms with Gasteiger partial charge < -0.3 is 13.9 Å². The van der Waals surface area contributed by atoms with Gasteiger partial charge in [0.25, 0.3) is 5.91 Å². The highest BCUT2D eigenvalue weighted by molar-refractivity contribution is 5.96. The third-order valence-electron chi connectivity index (χ3n) is 4.83. The molecule has 0 atom stereocenters. The van der Waals surface area contributed by atoms with Crippen molar-refractivity contribution < 1.29 is 23.5 Å². The molecule has 2 amide bonds. The molecule has 0 aliphatic rings. The summed E-state index contributed by atoms with van der Waals surface area (Å²) in [5, 5.41) is 0. The van der Waals surface area contributed by atoms with Crippen LogP contribution in [0.3, 0.4) is 0 Å². The number of benzene rings is 2. The maximum atomic E-state index is 12.4. The molecule has 170 valence electrons. The van der Waals surface area contributed by atoms with Gasteiger partial charge in [0.1, 0.15) is 0 Å². The molecule has 0 spiro atoms. The molecule has 2 aromatic carbocycles. The molecule has 0 unspecified atom stereocenters. The second-order valence-electron chi connectivity index (χ2n) is 7.64. The quantitative estimate of drug-likeness (QED) is 0.494. The van der Waals surface area contributed by atoms with Gasteiger partial charge in [0.15, 0.2) is 17.1 Å². The van der Waals surface area contributed by atoms with E-state index in [0.717, 1.165) is 6.42 Å². The van der Waals surface area contributed by atoms with Crippen LogP contribution in [0.15, 0.2) is 51.7 Å². The molecule has 0 saturated carbocycles. The standard InChI is InChI=1S/C23H27N3O6/c1-15(2)11-13-31-19-9-8-16(14-20(19)30-3)22(28)25-24-21(27)10-12-26-17-6-4-5-7-18(17)32-23(26)29/h4-9,14-15H,10-13H2,1-3H3,(H,24,27)(H,25,28). The molecule has 1 heterocycles. The Morgan fingerprint density at radius 3 is 2.62 bits per heavy atom. The molecular formula is C23H27N3O6. The van der Waals surface area contributed by atoms with Crippen molar-refractivity contribution in [3.63, 3.8) is 0 Å². The summed E-state index contributed by atoms with van der Waals surface area (Å²) in [7, 11) is 1.50. The molecule has 3 aromatic rings. The number of nitrogens with one attached hydrogen (secondary N) is 2. The zero-order valence-corrected chi connectivity index (χ0v) is 18.3. The minimum absolute atomic E-state index is 0.0182. The van der Waals surface area contributed by atoms with Crippen molar-refractivity contribution in [3.05, 3.63) is 58.6 Å². The van der Waals surface area contributed by atoms with Gasteiger partial charge in [0.2, 0.25) is 5.91 Å². The largest absolute Gasteiger partial charge is 0.493 e. The summed E-state index contributed by atoms with van der Waals surface area (Å²) in [5.41, 5.74) is 6.08. The topological polar surface area (TPSA) is 112 Å². The van der Waals surface area contributed by atoms with Gasteiger partial charge in [0.05, 0.1) is 19.2 Å². The fraction of sp³-hybridized carbons (Fsp3) is 0.348. The van der Waals surface area contributed by atoms with Gasteiger partial charge in [-0.2, -0.15) is 0 Å². The lowest BCUT2D eigenvalue weighted by Crippen LogP contribution is -2.42. The van der Waals surface area contributed by atoms with Gasteiger partial charge in [-0.15, -0.1) is 0 Å². The maximum Gasteiger partial charge on any atom is 0.419 e. The lowest BCUT2D eigenvalue weighted by Gasteiger charge is -2.13. The average Bonchev–Trinajstić information content (AvgIpc) is 3.10. The zero-order valence-electron chi connectivity index (χ0n) is 18.3. The predicted molar refractivity (Wildman–Crippen MR) is 119 cm³/mol. The van der Waals surface area contributed by atoms with Gasteiger partial charge in [-0.25, -0.2) is 4.79 Å². The fourth-order valence-corrected chi connectivity index (χ4v) is 3.03. The number of ether oxygens (including phenoxy) is 2. The van der Waals surface area contributed by atoms with Crippen LogP contribution in [-0.2, 0) is 11.3 Å². The number of methoxy groups -OCH3 is 1. The van der Waals surface area contributed by atoms with Crippen LogP contribution in [0.1, 0.15) is 37.0 Å². The van der Waals surface area contributed by atoms with E-state index in [1.54, 1.807) is 42.5 Å². The summed E-state index contributed by atoms with van der Waals surface area (Å²) in [4.78, 5) is 36.5. The van der Waals surface area contributed by atoms with Crippen molar-refractivity contribution >= 4 is 22.9 Å². The van der Waals surface area contributed by atoms with Crippen LogP contribution in [-0.4, -0.2) is 30.1 Å². The maximum absolute atomic E-state index is 12.4. The summed E-state index contributed by atoms with van der Waals surface area (Å²) in [6.45, 7) is 4.88. The van der Waals surface area contributed by atoms with E-state index in [0.29, 0.717) is 40.7 Å². The summed E-state index contributed by atoms with van der Waals surface area (Å²) >= 11 is 0. The average molecular weight is 441 g/mol. The summed E-state index contributed by atoms with van der Waals surface area (Å²) in [5.74, 6) is 0.00394. The van der Waals surface area contributed by atoms with Gasteiger partial charge in [-0.05, 0) is 42.7 Å². The number of carbonyl (C=O) groups excluding carboxylic acids is 2. The Morgan fingerprint density at radius 2 is 1.88 bits per heavy atom. The third kappa shape index (κ3) is 5.69. The van der Waals surface area contributed by atoms with Crippen molar-refractivity contribution in [1.29, 1.82) is 0 Å². The van der Waals surface area contributed by atoms with Crippen molar-refractivity contribution in [2.75, 3.05) is 13.7 Å². The van der Waals surface area contributed by atoms with Crippen LogP contribution < -0.4 is 26.1 Å². The molecule has 0 radical (unpaired) electrons. The van der Waals surface area contributed by atoms with Gasteiger partial charge in [-0.1, -0.05) is 26.0 Å². The van der Waals surface area contributed by atoms with Crippen LogP contribution in [0.2, 0.25) is 0 Å². The highest BCUT2D eigenvalue weighted by Gasteiger charge is 2.14. The van der Waals surface area contributed by atoms with Gasteiger partial charge in [0, 0.05) is 18.5 Å². The molecule has 0 fully saturated rings. The SMILES string of the molecule is COc1cc(C(=O)NNC(=O)CCn2c(=O)oc3ccccc32)ccc1OCCC(C)C. The van der Waals surface area contributed by atoms with Crippen LogP contribution >= 0.6 is 0 Å². The van der Waals surface area contributed by atoms with E-state index < -0.39 is 17.6 Å². The number of hydrogen-bond donors (Lipinski definition) is 2. The Kier molecular flexibility index (Phi) is 7.54. The Morgan fingerprint density at radius 1 is 1.09 bits per heavy atom. The minimum atomic E-state index is -0.536. The molecule has 0 aliphatic carbocycles. The lowest BCUT2D eigenvalue weighted by atomic mass is 10.1. The van der Waals surface area contributed by atoms with Crippen LogP contribution in [0.4, 0.5) is 0 Å². The number of oxazole rings is 1. The number of nitrogens with zero attached hydrogens (tertiary/aromatic N) is 1. The van der Waals surface area contributed by atoms with Crippen molar-refractivity contribution in [1.82, 2.24) is 15.4 Å². The highest BCUT2D eigenvalue weighted by Crippen LogP contribution is 2.28. The number of aryl methyl sites for hydroxylation is 1. The summed E-state index contributed by atoms with van der Waals surface area (Å²) in [6, 6.07) is 11.8. The third-order valence-corrected chi connectivity index (χ3v) is 4.83. The van der Waals surface area contributed by atoms with E-state index in [1.165, 1.54) is 11.7 Å². The normalized spacial score (nSPS) is 10.9. The molecular weight excluding hydrogens is 414 g/mol. The first-order chi connectivity index (χ1) is 15.4. The minimum Gasteiger partial charge on any atom is -0.493 e. The molecule has 9 heteroatoms. The molecule has 32 heavy (non-hydrogen) atoms. The summed E-state index contributed by atoms with van der Waals surface area (Å²) in [6.07, 6.45) is 0.883. The number of hydrazine groups is 1. The number of rotatable bonds is 9. The second-order valence-corrected chi connectivity index (χ2v) is 7.64. The number of amides is 2. The molecule has 0 bridgehead atoms. The molecule has 2 N–H and O–H groups in total. The first kappa shape index (κ1) is 22.9. The number of fused-ring (bicyclic) bond motifs is 1. The Labute approximate surface area is 185 Å². The molecule has 3 rings (SSSR count). The lowest BCUT2D eigenvalue weighted by molar-refractivity contribution is -0.122. The number of hydrogen-bond acceptors (Lipinski definition) is 6. The molecule has 9 nitrogen and oxygen atoms in total. The monoisotopic (exact) mass is 441 g/mol. The van der Waals surface area contributed by atoms with Gasteiger partial charge in [-0.3, -0.25) is 25.0 Å². The molecule has 0 saturated heterocycles. The van der Waals surface area contributed by atoms with E-state index in [1.807, 2.05) is 0 Å². The summed E-state index contributed by atoms with van der Waals surface area (Å²) < 4.78 is 17.5. The van der Waals surface area contributed by atoms with Crippen molar-refractivity contribution in [2.24, 2.45) is 5.92 Å². The van der Waals surface area contributed by atoms with Crippen molar-refractivity contribution in [3.8, 4) is 11.5 Å². The van der Waals surface area contributed by atoms with E-state index in [2.05, 4.69) is 24.7 Å². The number of para-hydroxylation sites is 2. The van der Waals surface area contributed by atoms with Gasteiger partial charge >= 0.3 is 5.76 Å². The highest BCUT2D eigenvalue weighted by atomic mass is 16.5. The first-order valence-corrected chi connectivity index (χ1v) is 10.4. The first-order valence-electron chi connectivity index (χ1n) is 10.4. The molecule has 0 aliphatic heterocycles. The second kappa shape index (κ2) is 10.5. The smallest absolute Gasteiger partial charge is 0.419 e. The number of carbonyl (C=O) groups is 2. The fourth-order valence-electron chi connectivity index (χ4n) is 3.03. The Balaban J connectivity index is 1.53.